The quantitative estimate of drug-likeness (QED) is 0.639. The van der Waals surface area contributed by atoms with Crippen molar-refractivity contribution in [1.82, 2.24) is 9.97 Å². The number of nitrogens with zero attached hydrogens (tertiary/aromatic N) is 2. The number of anilines is 3. The van der Waals surface area contributed by atoms with Gasteiger partial charge in [0, 0.05) is 24.0 Å². The number of methoxy groups -OCH3 is 1. The van der Waals surface area contributed by atoms with Crippen molar-refractivity contribution in [3.63, 3.8) is 0 Å². The van der Waals surface area contributed by atoms with Gasteiger partial charge in [-0.25, -0.2) is 9.78 Å². The van der Waals surface area contributed by atoms with E-state index in [4.69, 9.17) is 4.74 Å². The number of ether oxygens (including phenoxy) is 1. The van der Waals surface area contributed by atoms with Gasteiger partial charge in [0.15, 0.2) is 0 Å². The van der Waals surface area contributed by atoms with Crippen LogP contribution in [0.25, 0.3) is 0 Å². The molecule has 0 radical (unpaired) electrons. The smallest absolute Gasteiger partial charge is 0.337 e. The topological polar surface area (TPSA) is 76.1 Å². The normalized spacial score (nSPS) is 10.3. The summed E-state index contributed by atoms with van der Waals surface area (Å²) in [4.78, 5) is 20.6. The van der Waals surface area contributed by atoms with Gasteiger partial charge in [0.1, 0.15) is 5.82 Å². The van der Waals surface area contributed by atoms with Crippen molar-refractivity contribution < 1.29 is 9.53 Å². The van der Waals surface area contributed by atoms with E-state index in [1.54, 1.807) is 18.2 Å². The molecule has 1 aromatic heterocycles. The van der Waals surface area contributed by atoms with Gasteiger partial charge in [-0.3, -0.25) is 0 Å². The lowest BCUT2D eigenvalue weighted by molar-refractivity contribution is 0.0601. The van der Waals surface area contributed by atoms with Gasteiger partial charge in [0.25, 0.3) is 0 Å². The largest absolute Gasteiger partial charge is 0.465 e. The van der Waals surface area contributed by atoms with Gasteiger partial charge in [-0.1, -0.05) is 30.3 Å². The van der Waals surface area contributed by atoms with Crippen LogP contribution in [0.5, 0.6) is 0 Å². The summed E-state index contributed by atoms with van der Waals surface area (Å²) in [6.45, 7) is 4.64. The molecule has 2 aromatic carbocycles. The first-order valence-corrected chi connectivity index (χ1v) is 8.64. The van der Waals surface area contributed by atoms with Crippen LogP contribution in [0.15, 0.2) is 54.6 Å². The van der Waals surface area contributed by atoms with Gasteiger partial charge >= 0.3 is 5.97 Å². The van der Waals surface area contributed by atoms with Crippen LogP contribution in [0.2, 0.25) is 0 Å². The summed E-state index contributed by atoms with van der Waals surface area (Å²) < 4.78 is 4.76. The van der Waals surface area contributed by atoms with Gasteiger partial charge in [0.05, 0.1) is 12.7 Å². The van der Waals surface area contributed by atoms with Crippen LogP contribution in [0, 0.1) is 13.8 Å². The van der Waals surface area contributed by atoms with Crippen molar-refractivity contribution in [3.05, 3.63) is 77.0 Å². The Morgan fingerprint density at radius 1 is 1.04 bits per heavy atom. The van der Waals surface area contributed by atoms with E-state index in [-0.39, 0.29) is 5.97 Å². The van der Waals surface area contributed by atoms with Crippen molar-refractivity contribution in [2.45, 2.75) is 20.4 Å². The third-order valence-electron chi connectivity index (χ3n) is 4.11. The van der Waals surface area contributed by atoms with E-state index < -0.39 is 0 Å². The van der Waals surface area contributed by atoms with Crippen molar-refractivity contribution >= 4 is 23.4 Å². The van der Waals surface area contributed by atoms with Gasteiger partial charge in [0.2, 0.25) is 5.95 Å². The Balaban J connectivity index is 1.75. The molecule has 0 aliphatic heterocycles. The predicted molar refractivity (Wildman–Crippen MR) is 106 cm³/mol. The molecule has 0 bridgehead atoms. The van der Waals surface area contributed by atoms with Gasteiger partial charge < -0.3 is 15.4 Å². The minimum Gasteiger partial charge on any atom is -0.465 e. The molecular formula is C21H22N4O2. The second kappa shape index (κ2) is 8.31. The number of carbonyl (C=O) groups is 1. The zero-order valence-electron chi connectivity index (χ0n) is 15.6. The summed E-state index contributed by atoms with van der Waals surface area (Å²) in [6.07, 6.45) is 0. The molecule has 3 rings (SSSR count). The minimum absolute atomic E-state index is 0.377. The maximum absolute atomic E-state index is 11.7. The maximum Gasteiger partial charge on any atom is 0.337 e. The standard InChI is InChI=1S/C21H22N4O2/c1-14-7-4-5-8-17(14)13-22-21-23-15(2)11-19(25-21)24-18-10-6-9-16(12-18)20(26)27-3/h4-12H,13H2,1-3H3,(H2,22,23,24,25). The monoisotopic (exact) mass is 362 g/mol. The molecule has 0 aliphatic carbocycles. The molecule has 0 atom stereocenters. The van der Waals surface area contributed by atoms with Crippen molar-refractivity contribution in [1.29, 1.82) is 0 Å². The molecule has 0 spiro atoms. The van der Waals surface area contributed by atoms with Crippen LogP contribution in [0.1, 0.15) is 27.2 Å². The number of carbonyl (C=O) groups excluding carboxylic acids is 1. The summed E-state index contributed by atoms with van der Waals surface area (Å²) in [5.41, 5.74) is 4.48. The Morgan fingerprint density at radius 2 is 1.85 bits per heavy atom. The second-order valence-corrected chi connectivity index (χ2v) is 6.20. The molecule has 138 valence electrons. The number of aromatic nitrogens is 2. The highest BCUT2D eigenvalue weighted by molar-refractivity contribution is 5.90. The first-order chi connectivity index (χ1) is 13.0. The molecule has 0 fully saturated rings. The van der Waals surface area contributed by atoms with Crippen LogP contribution in [-0.2, 0) is 11.3 Å². The molecule has 6 heteroatoms. The molecule has 27 heavy (non-hydrogen) atoms. The van der Waals surface area contributed by atoms with Crippen molar-refractivity contribution in [2.24, 2.45) is 0 Å². The van der Waals surface area contributed by atoms with Gasteiger partial charge in [-0.2, -0.15) is 4.98 Å². The van der Waals surface area contributed by atoms with E-state index in [9.17, 15) is 4.79 Å². The van der Waals surface area contributed by atoms with Crippen LogP contribution in [0.3, 0.4) is 0 Å². The highest BCUT2D eigenvalue weighted by atomic mass is 16.5. The number of esters is 1. The Kier molecular flexibility index (Phi) is 5.66. The number of rotatable bonds is 6. The first kappa shape index (κ1) is 18.4. The zero-order chi connectivity index (χ0) is 19.2. The lowest BCUT2D eigenvalue weighted by Gasteiger charge is -2.11. The molecule has 0 saturated heterocycles. The third-order valence-corrected chi connectivity index (χ3v) is 4.11. The fourth-order valence-electron chi connectivity index (χ4n) is 2.68. The average molecular weight is 362 g/mol. The highest BCUT2D eigenvalue weighted by Gasteiger charge is 2.08. The van der Waals surface area contributed by atoms with E-state index in [0.717, 1.165) is 11.4 Å². The van der Waals surface area contributed by atoms with E-state index in [1.807, 2.05) is 31.2 Å². The Bertz CT molecular complexity index is 956. The number of benzene rings is 2. The van der Waals surface area contributed by atoms with Crippen LogP contribution in [-0.4, -0.2) is 23.0 Å². The van der Waals surface area contributed by atoms with Gasteiger partial charge in [-0.15, -0.1) is 0 Å². The molecule has 2 N–H and O–H groups in total. The Hall–Kier alpha value is -3.41. The average Bonchev–Trinajstić information content (AvgIpc) is 2.66. The fraction of sp³-hybridized carbons (Fsp3) is 0.190. The van der Waals surface area contributed by atoms with E-state index in [0.29, 0.717) is 23.9 Å². The summed E-state index contributed by atoms with van der Waals surface area (Å²) >= 11 is 0. The number of hydrogen-bond acceptors (Lipinski definition) is 6. The highest BCUT2D eigenvalue weighted by Crippen LogP contribution is 2.19. The molecule has 0 amide bonds. The van der Waals surface area contributed by atoms with Crippen molar-refractivity contribution in [3.8, 4) is 0 Å². The summed E-state index contributed by atoms with van der Waals surface area (Å²) in [6, 6.07) is 17.1. The van der Waals surface area contributed by atoms with E-state index in [1.165, 1.54) is 18.2 Å². The van der Waals surface area contributed by atoms with E-state index in [2.05, 4.69) is 39.7 Å². The first-order valence-electron chi connectivity index (χ1n) is 8.64. The second-order valence-electron chi connectivity index (χ2n) is 6.20. The van der Waals surface area contributed by atoms with E-state index >= 15 is 0 Å². The minimum atomic E-state index is -0.377. The lowest BCUT2D eigenvalue weighted by atomic mass is 10.1. The zero-order valence-corrected chi connectivity index (χ0v) is 15.6. The summed E-state index contributed by atoms with van der Waals surface area (Å²) in [7, 11) is 1.36. The Morgan fingerprint density at radius 3 is 2.63 bits per heavy atom. The molecule has 0 saturated carbocycles. The molecular weight excluding hydrogens is 340 g/mol. The number of aryl methyl sites for hydroxylation is 2. The SMILES string of the molecule is COC(=O)c1cccc(Nc2cc(C)nc(NCc3ccccc3C)n2)c1. The molecule has 1 heterocycles. The van der Waals surface area contributed by atoms with Crippen LogP contribution >= 0.6 is 0 Å². The lowest BCUT2D eigenvalue weighted by Crippen LogP contribution is -2.07. The van der Waals surface area contributed by atoms with Crippen LogP contribution in [0.4, 0.5) is 17.5 Å². The fourth-order valence-corrected chi connectivity index (χ4v) is 2.68. The number of hydrogen-bond donors (Lipinski definition) is 2. The third kappa shape index (κ3) is 4.82. The van der Waals surface area contributed by atoms with Crippen LogP contribution < -0.4 is 10.6 Å². The Labute approximate surface area is 158 Å². The number of nitrogens with one attached hydrogen (secondary N) is 2. The molecule has 0 aliphatic rings. The molecule has 6 nitrogen and oxygen atoms in total. The predicted octanol–water partition coefficient (Wildman–Crippen LogP) is 4.24. The van der Waals surface area contributed by atoms with Gasteiger partial charge in [-0.05, 0) is 43.2 Å². The molecule has 0 unspecified atom stereocenters. The summed E-state index contributed by atoms with van der Waals surface area (Å²) in [5, 5.41) is 6.49. The molecule has 3 aromatic rings. The maximum atomic E-state index is 11.7. The summed E-state index contributed by atoms with van der Waals surface area (Å²) in [5.74, 6) is 0.819. The van der Waals surface area contributed by atoms with Crippen molar-refractivity contribution in [2.75, 3.05) is 17.7 Å².